The molecule has 0 saturated carbocycles. The predicted molar refractivity (Wildman–Crippen MR) is 94.0 cm³/mol. The number of rotatable bonds is 2. The highest BCUT2D eigenvalue weighted by Crippen LogP contribution is 2.30. The molecule has 0 radical (unpaired) electrons. The second-order valence-corrected chi connectivity index (χ2v) is 5.91. The van der Waals surface area contributed by atoms with Crippen LogP contribution < -0.4 is 0 Å². The number of carbonyl (C=O) groups excluding carboxylic acids is 1. The number of fused-ring (bicyclic) bond motifs is 1. The van der Waals surface area contributed by atoms with E-state index in [1.165, 1.54) is 11.1 Å². The van der Waals surface area contributed by atoms with Gasteiger partial charge in [-0.3, -0.25) is 10.2 Å². The summed E-state index contributed by atoms with van der Waals surface area (Å²) in [5.41, 5.74) is 0.841. The number of benzene rings is 1. The largest absolute Gasteiger partial charge is 0.457 e. The Kier molecular flexibility index (Phi) is 3.54. The number of furan rings is 1. The lowest BCUT2D eigenvalue weighted by atomic mass is 10.1. The third-order valence-electron chi connectivity index (χ3n) is 3.73. The van der Waals surface area contributed by atoms with E-state index in [0.717, 1.165) is 5.56 Å². The maximum atomic E-state index is 12.2. The highest BCUT2D eigenvalue weighted by Gasteiger charge is 2.34. The number of nitrogens with zero attached hydrogens (tertiary/aromatic N) is 2. The molecule has 0 spiro atoms. The Morgan fingerprint density at radius 2 is 2.04 bits per heavy atom. The number of amidine groups is 2. The van der Waals surface area contributed by atoms with Gasteiger partial charge in [0.2, 0.25) is 0 Å². The van der Waals surface area contributed by atoms with Crippen LogP contribution in [0.4, 0.5) is 0 Å². The van der Waals surface area contributed by atoms with E-state index in [0.29, 0.717) is 28.1 Å². The third kappa shape index (κ3) is 2.66. The molecule has 1 amide bonds. The lowest BCUT2D eigenvalue weighted by molar-refractivity contribution is -0.114. The van der Waals surface area contributed by atoms with E-state index in [2.05, 4.69) is 4.99 Å². The first-order valence-corrected chi connectivity index (χ1v) is 7.85. The standard InChI is InChI=1S/C18H12ClN3O3/c1-10-8-16-21-18(23)13(17(20)22(16)25-10)9-11-6-7-15(24-11)12-4-2-3-5-14(12)19/h2-9,20H,1H3/b13-9-,20-17?. The Balaban J connectivity index is 1.68. The van der Waals surface area contributed by atoms with Crippen LogP contribution in [-0.4, -0.2) is 22.6 Å². The van der Waals surface area contributed by atoms with Crippen LogP contribution in [0.3, 0.4) is 0 Å². The molecule has 0 fully saturated rings. The number of hydrogen-bond donors (Lipinski definition) is 1. The topological polar surface area (TPSA) is 78.9 Å². The van der Waals surface area contributed by atoms with Gasteiger partial charge in [-0.15, -0.1) is 5.06 Å². The van der Waals surface area contributed by atoms with Crippen molar-refractivity contribution in [2.75, 3.05) is 0 Å². The molecule has 2 aliphatic rings. The zero-order valence-corrected chi connectivity index (χ0v) is 13.9. The minimum atomic E-state index is -0.513. The predicted octanol–water partition coefficient (Wildman–Crippen LogP) is 4.05. The van der Waals surface area contributed by atoms with Crippen molar-refractivity contribution in [2.45, 2.75) is 6.92 Å². The lowest BCUT2D eigenvalue weighted by Gasteiger charge is -2.22. The van der Waals surface area contributed by atoms with Gasteiger partial charge in [0.1, 0.15) is 17.3 Å². The summed E-state index contributed by atoms with van der Waals surface area (Å²) in [7, 11) is 0. The summed E-state index contributed by atoms with van der Waals surface area (Å²) in [6.07, 6.45) is 3.08. The maximum Gasteiger partial charge on any atom is 0.283 e. The second kappa shape index (κ2) is 5.75. The van der Waals surface area contributed by atoms with Crippen molar-refractivity contribution in [3.8, 4) is 11.3 Å². The Labute approximate surface area is 148 Å². The Morgan fingerprint density at radius 1 is 1.24 bits per heavy atom. The van der Waals surface area contributed by atoms with Crippen molar-refractivity contribution in [1.29, 1.82) is 5.41 Å². The van der Waals surface area contributed by atoms with Gasteiger partial charge in [-0.25, -0.2) is 0 Å². The van der Waals surface area contributed by atoms with E-state index in [-0.39, 0.29) is 11.4 Å². The zero-order valence-electron chi connectivity index (χ0n) is 13.1. The molecular formula is C18H12ClN3O3. The van der Waals surface area contributed by atoms with Crippen LogP contribution in [0, 0.1) is 5.41 Å². The molecular weight excluding hydrogens is 342 g/mol. The van der Waals surface area contributed by atoms with Gasteiger partial charge in [-0.05, 0) is 37.3 Å². The van der Waals surface area contributed by atoms with Crippen molar-refractivity contribution in [1.82, 2.24) is 5.06 Å². The minimum Gasteiger partial charge on any atom is -0.457 e. The van der Waals surface area contributed by atoms with Crippen LogP contribution in [-0.2, 0) is 9.63 Å². The van der Waals surface area contributed by atoms with Crippen LogP contribution >= 0.6 is 11.6 Å². The van der Waals surface area contributed by atoms with Gasteiger partial charge >= 0.3 is 0 Å². The molecule has 0 bridgehead atoms. The summed E-state index contributed by atoms with van der Waals surface area (Å²) < 4.78 is 5.75. The average molecular weight is 354 g/mol. The van der Waals surface area contributed by atoms with Gasteiger partial charge < -0.3 is 9.25 Å². The number of allylic oxidation sites excluding steroid dienone is 1. The van der Waals surface area contributed by atoms with Crippen LogP contribution in [0.2, 0.25) is 5.02 Å². The summed E-state index contributed by atoms with van der Waals surface area (Å²) in [4.78, 5) is 21.5. The Hall–Kier alpha value is -3.12. The molecule has 2 aromatic rings. The molecule has 0 atom stereocenters. The van der Waals surface area contributed by atoms with E-state index in [4.69, 9.17) is 26.3 Å². The molecule has 1 N–H and O–H groups in total. The highest BCUT2D eigenvalue weighted by molar-refractivity contribution is 6.33. The summed E-state index contributed by atoms with van der Waals surface area (Å²) in [6.45, 7) is 1.73. The smallest absolute Gasteiger partial charge is 0.283 e. The molecule has 124 valence electrons. The molecule has 6 nitrogen and oxygen atoms in total. The molecule has 1 aromatic carbocycles. The molecule has 0 aliphatic carbocycles. The van der Waals surface area contributed by atoms with Crippen molar-refractivity contribution in [3.05, 3.63) is 64.6 Å². The number of aliphatic imine (C=N–C) groups is 1. The zero-order chi connectivity index (χ0) is 17.6. The van der Waals surface area contributed by atoms with Crippen LogP contribution in [0.5, 0.6) is 0 Å². The van der Waals surface area contributed by atoms with E-state index in [9.17, 15) is 4.79 Å². The van der Waals surface area contributed by atoms with Gasteiger partial charge in [0, 0.05) is 11.6 Å². The number of amides is 1. The van der Waals surface area contributed by atoms with Crippen LogP contribution in [0.25, 0.3) is 17.4 Å². The molecule has 3 heterocycles. The fourth-order valence-corrected chi connectivity index (χ4v) is 2.81. The summed E-state index contributed by atoms with van der Waals surface area (Å²) in [5, 5.41) is 9.96. The third-order valence-corrected chi connectivity index (χ3v) is 4.06. The quantitative estimate of drug-likeness (QED) is 0.826. The molecule has 2 aliphatic heterocycles. The van der Waals surface area contributed by atoms with Gasteiger partial charge in [0.25, 0.3) is 5.91 Å². The maximum absolute atomic E-state index is 12.2. The first-order chi connectivity index (χ1) is 12.0. The Bertz CT molecular complexity index is 1000. The van der Waals surface area contributed by atoms with Crippen molar-refractivity contribution in [3.63, 3.8) is 0 Å². The summed E-state index contributed by atoms with van der Waals surface area (Å²) in [5.74, 6) is 1.27. The SMILES string of the molecule is CC1=CC2=NC(=O)/C(=C\c3ccc(-c4ccccc4Cl)o3)C(=N)N2O1. The summed E-state index contributed by atoms with van der Waals surface area (Å²) in [6, 6.07) is 10.8. The van der Waals surface area contributed by atoms with E-state index in [1.807, 2.05) is 18.2 Å². The van der Waals surface area contributed by atoms with Gasteiger partial charge in [-0.1, -0.05) is 23.7 Å². The van der Waals surface area contributed by atoms with Crippen molar-refractivity contribution >= 4 is 35.3 Å². The lowest BCUT2D eigenvalue weighted by Crippen LogP contribution is -2.38. The first kappa shape index (κ1) is 15.4. The summed E-state index contributed by atoms with van der Waals surface area (Å²) >= 11 is 6.17. The normalized spacial score (nSPS) is 18.2. The molecule has 25 heavy (non-hydrogen) atoms. The molecule has 0 unspecified atom stereocenters. The van der Waals surface area contributed by atoms with Crippen LogP contribution in [0.1, 0.15) is 12.7 Å². The average Bonchev–Trinajstić information content (AvgIpc) is 3.18. The minimum absolute atomic E-state index is 0.0845. The van der Waals surface area contributed by atoms with Gasteiger partial charge in [-0.2, -0.15) is 4.99 Å². The van der Waals surface area contributed by atoms with E-state index in [1.54, 1.807) is 31.2 Å². The first-order valence-electron chi connectivity index (χ1n) is 7.48. The van der Waals surface area contributed by atoms with E-state index >= 15 is 0 Å². The monoisotopic (exact) mass is 353 g/mol. The van der Waals surface area contributed by atoms with Gasteiger partial charge in [0.05, 0.1) is 10.6 Å². The number of hydrogen-bond acceptors (Lipinski definition) is 4. The molecule has 4 rings (SSSR count). The van der Waals surface area contributed by atoms with E-state index < -0.39 is 5.91 Å². The highest BCUT2D eigenvalue weighted by atomic mass is 35.5. The number of nitrogens with one attached hydrogen (secondary N) is 1. The Morgan fingerprint density at radius 3 is 2.84 bits per heavy atom. The molecule has 0 saturated heterocycles. The fourth-order valence-electron chi connectivity index (χ4n) is 2.58. The number of hydroxylamine groups is 2. The number of halogens is 1. The fraction of sp³-hybridized carbons (Fsp3) is 0.0556. The van der Waals surface area contributed by atoms with Gasteiger partial charge in [0.15, 0.2) is 11.7 Å². The molecule has 7 heteroatoms. The molecule has 1 aromatic heterocycles. The van der Waals surface area contributed by atoms with Crippen molar-refractivity contribution in [2.24, 2.45) is 4.99 Å². The number of carbonyl (C=O) groups is 1. The second-order valence-electron chi connectivity index (χ2n) is 5.50. The van der Waals surface area contributed by atoms with Crippen molar-refractivity contribution < 1.29 is 14.0 Å². The van der Waals surface area contributed by atoms with Crippen LogP contribution in [0.15, 0.2) is 63.2 Å².